The number of fused-ring (bicyclic) bond motifs is 2. The molecule has 6 nitrogen and oxygen atoms in total. The van der Waals surface area contributed by atoms with E-state index in [1.807, 2.05) is 38.6 Å². The maximum Gasteiger partial charge on any atom is 0.173 e. The minimum absolute atomic E-state index is 0.321. The van der Waals surface area contributed by atoms with Crippen LogP contribution in [0.2, 0.25) is 0 Å². The lowest BCUT2D eigenvalue weighted by Gasteiger charge is -2.20. The van der Waals surface area contributed by atoms with Crippen molar-refractivity contribution in [1.82, 2.24) is 29.5 Å². The Morgan fingerprint density at radius 2 is 1.93 bits per heavy atom. The third kappa shape index (κ3) is 2.78. The smallest absolute Gasteiger partial charge is 0.173 e. The summed E-state index contributed by atoms with van der Waals surface area (Å²) in [7, 11) is 1.88. The number of hydrogen-bond acceptors (Lipinski definition) is 4. The first-order chi connectivity index (χ1) is 13.1. The number of halogens is 1. The van der Waals surface area contributed by atoms with Crippen molar-refractivity contribution in [2.24, 2.45) is 7.05 Å². The zero-order valence-corrected chi connectivity index (χ0v) is 15.4. The molecule has 1 saturated heterocycles. The van der Waals surface area contributed by atoms with Crippen LogP contribution in [0.15, 0.2) is 30.7 Å². The predicted molar refractivity (Wildman–Crippen MR) is 102 cm³/mol. The molecule has 1 N–H and O–H groups in total. The Labute approximate surface area is 156 Å². The summed E-state index contributed by atoms with van der Waals surface area (Å²) >= 11 is 0. The van der Waals surface area contributed by atoms with Crippen LogP contribution in [-0.2, 0) is 7.05 Å². The molecule has 1 fully saturated rings. The van der Waals surface area contributed by atoms with Gasteiger partial charge in [-0.25, -0.2) is 14.4 Å². The van der Waals surface area contributed by atoms with E-state index in [0.29, 0.717) is 11.6 Å². The molecule has 5 rings (SSSR count). The van der Waals surface area contributed by atoms with Crippen LogP contribution in [-0.4, -0.2) is 37.2 Å². The van der Waals surface area contributed by atoms with Crippen molar-refractivity contribution in [2.75, 3.05) is 13.1 Å². The normalized spacial score (nSPS) is 15.8. The molecular weight excluding hydrogens is 343 g/mol. The Hall–Kier alpha value is -2.80. The fraction of sp³-hybridized carbons (Fsp3) is 0.350. The Balaban J connectivity index is 1.61. The van der Waals surface area contributed by atoms with Gasteiger partial charge in [0.1, 0.15) is 11.0 Å². The molecule has 7 heteroatoms. The second kappa shape index (κ2) is 6.13. The topological polar surface area (TPSA) is 60.0 Å². The second-order valence-corrected chi connectivity index (χ2v) is 7.36. The van der Waals surface area contributed by atoms with Crippen molar-refractivity contribution in [1.29, 1.82) is 0 Å². The molecule has 0 aliphatic carbocycles. The Kier molecular flexibility index (Phi) is 3.72. The molecule has 0 saturated carbocycles. The van der Waals surface area contributed by atoms with E-state index in [1.165, 1.54) is 6.07 Å². The van der Waals surface area contributed by atoms with Gasteiger partial charge in [-0.1, -0.05) is 0 Å². The first-order valence-corrected chi connectivity index (χ1v) is 9.29. The van der Waals surface area contributed by atoms with E-state index in [4.69, 9.17) is 0 Å². The number of hydrogen-bond donors (Lipinski definition) is 1. The first kappa shape index (κ1) is 16.4. The summed E-state index contributed by atoms with van der Waals surface area (Å²) in [6.45, 7) is 3.98. The number of nitrogens with zero attached hydrogens (tertiary/aromatic N) is 5. The van der Waals surface area contributed by atoms with Gasteiger partial charge in [0.15, 0.2) is 11.5 Å². The number of aryl methyl sites for hydroxylation is 2. The molecule has 0 bridgehead atoms. The van der Waals surface area contributed by atoms with Crippen LogP contribution in [0.25, 0.3) is 27.9 Å². The van der Waals surface area contributed by atoms with Crippen LogP contribution < -0.4 is 5.32 Å². The summed E-state index contributed by atoms with van der Waals surface area (Å²) in [6.07, 6.45) is 7.84. The zero-order valence-electron chi connectivity index (χ0n) is 15.4. The number of aromatic nitrogens is 5. The molecule has 1 aliphatic heterocycles. The van der Waals surface area contributed by atoms with E-state index in [1.54, 1.807) is 9.08 Å². The monoisotopic (exact) mass is 364 g/mol. The molecule has 0 atom stereocenters. The quantitative estimate of drug-likeness (QED) is 0.593. The minimum Gasteiger partial charge on any atom is -0.317 e. The van der Waals surface area contributed by atoms with E-state index in [2.05, 4.69) is 20.4 Å². The average molecular weight is 364 g/mol. The maximum absolute atomic E-state index is 14.8. The van der Waals surface area contributed by atoms with E-state index in [9.17, 15) is 4.39 Å². The SMILES string of the molecule is Cc1cc(-c2cc(F)c3nc(C4CCNCC4)cn3c2)nc2cn(C)nc12. The van der Waals surface area contributed by atoms with Gasteiger partial charge in [-0.05, 0) is 50.6 Å². The third-order valence-corrected chi connectivity index (χ3v) is 5.36. The summed E-state index contributed by atoms with van der Waals surface area (Å²) in [5.74, 6) is 0.0690. The molecular formula is C20H21FN6. The highest BCUT2D eigenvalue weighted by Crippen LogP contribution is 2.28. The van der Waals surface area contributed by atoms with Crippen molar-refractivity contribution in [2.45, 2.75) is 25.7 Å². The number of pyridine rings is 2. The number of nitrogens with one attached hydrogen (secondary N) is 1. The Morgan fingerprint density at radius 3 is 2.74 bits per heavy atom. The lowest BCUT2D eigenvalue weighted by atomic mass is 9.95. The molecule has 0 amide bonds. The molecule has 0 unspecified atom stereocenters. The van der Waals surface area contributed by atoms with E-state index >= 15 is 0 Å². The van der Waals surface area contributed by atoms with Crippen LogP contribution in [0.3, 0.4) is 0 Å². The highest BCUT2D eigenvalue weighted by molar-refractivity contribution is 5.81. The molecule has 0 spiro atoms. The Bertz CT molecular complexity index is 1150. The standard InChI is InChI=1S/C20H21FN6/c1-12-7-16(23-18-10-26(2)25-19(12)18)14-8-15(21)20-24-17(11-27(20)9-14)13-3-5-22-6-4-13/h7-11,13,22H,3-6H2,1-2H3. The third-order valence-electron chi connectivity index (χ3n) is 5.36. The molecule has 0 radical (unpaired) electrons. The lowest BCUT2D eigenvalue weighted by Crippen LogP contribution is -2.26. The van der Waals surface area contributed by atoms with Gasteiger partial charge in [0.25, 0.3) is 0 Å². The fourth-order valence-electron chi connectivity index (χ4n) is 3.95. The Morgan fingerprint density at radius 1 is 1.11 bits per heavy atom. The molecule has 1 aliphatic rings. The summed E-state index contributed by atoms with van der Waals surface area (Å²) in [5.41, 5.74) is 5.55. The fourth-order valence-corrected chi connectivity index (χ4v) is 3.95. The van der Waals surface area contributed by atoms with Crippen molar-refractivity contribution in [3.05, 3.63) is 47.8 Å². The van der Waals surface area contributed by atoms with E-state index in [-0.39, 0.29) is 5.82 Å². The van der Waals surface area contributed by atoms with Gasteiger partial charge >= 0.3 is 0 Å². The van der Waals surface area contributed by atoms with Crippen molar-refractivity contribution >= 4 is 16.7 Å². The lowest BCUT2D eigenvalue weighted by molar-refractivity contribution is 0.454. The van der Waals surface area contributed by atoms with Crippen molar-refractivity contribution in [3.63, 3.8) is 0 Å². The van der Waals surface area contributed by atoms with Gasteiger partial charge in [0, 0.05) is 30.9 Å². The molecule has 138 valence electrons. The minimum atomic E-state index is -0.321. The highest BCUT2D eigenvalue weighted by Gasteiger charge is 2.20. The summed E-state index contributed by atoms with van der Waals surface area (Å²) in [6, 6.07) is 3.49. The van der Waals surface area contributed by atoms with Gasteiger partial charge in [0.2, 0.25) is 0 Å². The predicted octanol–water partition coefficient (Wildman–Crippen LogP) is 3.20. The molecule has 4 aromatic rings. The van der Waals surface area contributed by atoms with Crippen LogP contribution >= 0.6 is 0 Å². The van der Waals surface area contributed by atoms with E-state index < -0.39 is 0 Å². The van der Waals surface area contributed by atoms with Crippen LogP contribution in [0.1, 0.15) is 30.0 Å². The number of piperidine rings is 1. The van der Waals surface area contributed by atoms with Gasteiger partial charge < -0.3 is 9.72 Å². The second-order valence-electron chi connectivity index (χ2n) is 7.36. The molecule has 27 heavy (non-hydrogen) atoms. The first-order valence-electron chi connectivity index (χ1n) is 9.29. The summed E-state index contributed by atoms with van der Waals surface area (Å²) in [5, 5.41) is 7.79. The van der Waals surface area contributed by atoms with Crippen LogP contribution in [0.5, 0.6) is 0 Å². The maximum atomic E-state index is 14.8. The molecule has 4 aromatic heterocycles. The van der Waals surface area contributed by atoms with E-state index in [0.717, 1.165) is 59.5 Å². The number of imidazole rings is 1. The van der Waals surface area contributed by atoms with Gasteiger partial charge in [-0.3, -0.25) is 4.68 Å². The van der Waals surface area contributed by atoms with Gasteiger partial charge in [-0.2, -0.15) is 5.10 Å². The van der Waals surface area contributed by atoms with Crippen molar-refractivity contribution < 1.29 is 4.39 Å². The largest absolute Gasteiger partial charge is 0.317 e. The average Bonchev–Trinajstić information content (AvgIpc) is 3.26. The van der Waals surface area contributed by atoms with Gasteiger partial charge in [-0.15, -0.1) is 0 Å². The summed E-state index contributed by atoms with van der Waals surface area (Å²) < 4.78 is 18.3. The van der Waals surface area contributed by atoms with Crippen LogP contribution in [0, 0.1) is 12.7 Å². The van der Waals surface area contributed by atoms with Crippen molar-refractivity contribution in [3.8, 4) is 11.3 Å². The molecule has 5 heterocycles. The number of rotatable bonds is 2. The highest BCUT2D eigenvalue weighted by atomic mass is 19.1. The zero-order chi connectivity index (χ0) is 18.5. The van der Waals surface area contributed by atoms with Gasteiger partial charge in [0.05, 0.1) is 17.6 Å². The van der Waals surface area contributed by atoms with Crippen LogP contribution in [0.4, 0.5) is 4.39 Å². The summed E-state index contributed by atoms with van der Waals surface area (Å²) in [4.78, 5) is 9.25. The molecule has 0 aromatic carbocycles.